The molecule has 0 bridgehead atoms. The topological polar surface area (TPSA) is 51.3 Å². The van der Waals surface area contributed by atoms with E-state index in [0.29, 0.717) is 0 Å². The van der Waals surface area contributed by atoms with Gasteiger partial charge < -0.3 is 5.73 Å². The molecule has 1 aromatic rings. The van der Waals surface area contributed by atoms with Gasteiger partial charge in [-0.1, -0.05) is 0 Å². The zero-order chi connectivity index (χ0) is 5.98. The van der Waals surface area contributed by atoms with Crippen molar-refractivity contribution in [3.8, 4) is 0 Å². The van der Waals surface area contributed by atoms with Crippen LogP contribution in [0.2, 0.25) is 0 Å². The molecule has 0 aliphatic rings. The minimum atomic E-state index is 0.749. The Labute approximate surface area is 48.1 Å². The third kappa shape index (κ3) is 0.978. The molecule has 0 unspecified atom stereocenters. The van der Waals surface area contributed by atoms with Crippen LogP contribution in [0.1, 0.15) is 0 Å². The van der Waals surface area contributed by atoms with Crippen LogP contribution in [0, 0.1) is 0 Å². The van der Waals surface area contributed by atoms with Gasteiger partial charge in [-0.15, -0.1) is 0 Å². The molecule has 0 aliphatic carbocycles. The summed E-state index contributed by atoms with van der Waals surface area (Å²) in [5, 5.41) is 0. The van der Waals surface area contributed by atoms with E-state index >= 15 is 0 Å². The van der Waals surface area contributed by atoms with Crippen molar-refractivity contribution in [2.24, 2.45) is 0 Å². The fourth-order valence-electron chi connectivity index (χ4n) is 0.496. The van der Waals surface area contributed by atoms with E-state index in [0.717, 1.165) is 11.4 Å². The molecule has 2 heteroatoms. The van der Waals surface area contributed by atoms with Crippen LogP contribution in [0.25, 0.3) is 0 Å². The van der Waals surface area contributed by atoms with Gasteiger partial charge in [0.2, 0.25) is 0 Å². The van der Waals surface area contributed by atoms with Crippen molar-refractivity contribution in [1.82, 2.24) is 0 Å². The minimum Gasteiger partial charge on any atom is -0.399 e. The van der Waals surface area contributed by atoms with Gasteiger partial charge in [0.25, 0.3) is 0 Å². The highest BCUT2D eigenvalue weighted by Gasteiger charge is 1.86. The van der Waals surface area contributed by atoms with Gasteiger partial charge in [0.1, 0.15) is 0 Å². The van der Waals surface area contributed by atoms with Gasteiger partial charge in [0, 0.05) is 17.8 Å². The lowest BCUT2D eigenvalue weighted by Crippen LogP contribution is -2.39. The first-order valence-corrected chi connectivity index (χ1v) is 2.40. The van der Waals surface area contributed by atoms with Crippen LogP contribution < -0.4 is 11.5 Å². The molecule has 4 N–H and O–H groups in total. The molecule has 0 saturated carbocycles. The summed E-state index contributed by atoms with van der Waals surface area (Å²) in [7, 11) is 0. The maximum atomic E-state index is 5.37. The molecule has 0 fully saturated rings. The van der Waals surface area contributed by atoms with Gasteiger partial charge in [0.15, 0.2) is 5.69 Å². The maximum Gasteiger partial charge on any atom is 0.177 e. The summed E-state index contributed by atoms with van der Waals surface area (Å²) in [5.74, 6) is 0. The van der Waals surface area contributed by atoms with E-state index in [9.17, 15) is 0 Å². The van der Waals surface area contributed by atoms with Crippen LogP contribution in [-0.4, -0.2) is 0 Å². The summed E-state index contributed by atoms with van der Waals surface area (Å²) < 4.78 is 0. The molecule has 1 radical (unpaired) electrons. The van der Waals surface area contributed by atoms with Crippen LogP contribution in [0.5, 0.6) is 0 Å². The predicted octanol–water partition coefficient (Wildman–Crippen LogP) is -0.0720. The van der Waals surface area contributed by atoms with Gasteiger partial charge in [-0.05, 0) is 12.1 Å². The van der Waals surface area contributed by atoms with E-state index in [2.05, 4.69) is 0 Å². The van der Waals surface area contributed by atoms with E-state index in [-0.39, 0.29) is 0 Å². The molecule has 41 valence electrons. The smallest absolute Gasteiger partial charge is 0.177 e. The Morgan fingerprint density at radius 3 is 2.00 bits per heavy atom. The summed E-state index contributed by atoms with van der Waals surface area (Å²) in [5.41, 5.74) is 12.2. The average Bonchev–Trinajstić information content (AvgIpc) is 1.77. The number of benzene rings is 1. The van der Waals surface area contributed by atoms with Crippen molar-refractivity contribution in [3.05, 3.63) is 24.3 Å². The highest BCUT2D eigenvalue weighted by atomic mass is 14.6. The summed E-state index contributed by atoms with van der Waals surface area (Å²) >= 11 is 0. The third-order valence-electron chi connectivity index (χ3n) is 0.936. The van der Waals surface area contributed by atoms with Gasteiger partial charge in [-0.3, -0.25) is 0 Å². The highest BCUT2D eigenvalue weighted by molar-refractivity contribution is 5.43. The minimum absolute atomic E-state index is 0.749. The summed E-state index contributed by atoms with van der Waals surface area (Å²) in [6, 6.07) is 7.09. The first-order chi connectivity index (χ1) is 3.79. The first-order valence-electron chi connectivity index (χ1n) is 2.40. The Balaban J connectivity index is 3.03. The predicted molar refractivity (Wildman–Crippen MR) is 32.4 cm³/mol. The molecule has 0 atom stereocenters. The van der Waals surface area contributed by atoms with Crippen molar-refractivity contribution in [2.75, 3.05) is 5.73 Å². The zero-order valence-electron chi connectivity index (χ0n) is 4.46. The van der Waals surface area contributed by atoms with Crippen LogP contribution in [-0.2, 0) is 0 Å². The second-order valence-electron chi connectivity index (χ2n) is 1.67. The number of nitrogen functional groups attached to an aromatic ring is 2. The average molecular weight is 108 g/mol. The zero-order valence-corrected chi connectivity index (χ0v) is 4.46. The van der Waals surface area contributed by atoms with Gasteiger partial charge in [0.05, 0.1) is 0 Å². The Morgan fingerprint density at radius 2 is 1.62 bits per heavy atom. The molecule has 0 amide bonds. The molecular formula is C6H8N2+. The molecule has 8 heavy (non-hydrogen) atoms. The lowest BCUT2D eigenvalue weighted by atomic mass is 10.3. The monoisotopic (exact) mass is 108 g/mol. The Kier molecular flexibility index (Phi) is 1.18. The second kappa shape index (κ2) is 1.84. The van der Waals surface area contributed by atoms with Crippen LogP contribution in [0.3, 0.4) is 0 Å². The quantitative estimate of drug-likeness (QED) is 0.449. The molecule has 0 aromatic heterocycles. The van der Waals surface area contributed by atoms with Crippen molar-refractivity contribution in [2.45, 2.75) is 0 Å². The maximum absolute atomic E-state index is 5.37. The SMILES string of the molecule is Nc1ccc([NH2+])cc1. The highest BCUT2D eigenvalue weighted by Crippen LogP contribution is 2.03. The second-order valence-corrected chi connectivity index (χ2v) is 1.67. The molecular weight excluding hydrogens is 100 g/mol. The summed E-state index contributed by atoms with van der Waals surface area (Å²) in [6.45, 7) is 0. The van der Waals surface area contributed by atoms with Crippen LogP contribution in [0.4, 0.5) is 11.4 Å². The normalized spacial score (nSPS) is 9.12. The Morgan fingerprint density at radius 1 is 1.12 bits per heavy atom. The molecule has 0 spiro atoms. The number of hydrogen-bond donors (Lipinski definition) is 2. The standard InChI is InChI=1S/C6H8N2/c7-5-1-2-6(8)4-3-5/h1-4H,7-8H2/q+1. The number of rotatable bonds is 0. The fourth-order valence-corrected chi connectivity index (χ4v) is 0.496. The van der Waals surface area contributed by atoms with Gasteiger partial charge in [-0.25, -0.2) is 0 Å². The van der Waals surface area contributed by atoms with Crippen molar-refractivity contribution < 1.29 is 5.73 Å². The molecule has 0 heterocycles. The lowest BCUT2D eigenvalue weighted by Gasteiger charge is -1.85. The summed E-state index contributed by atoms with van der Waals surface area (Å²) in [6.07, 6.45) is 0. The summed E-state index contributed by atoms with van der Waals surface area (Å²) in [4.78, 5) is 0. The van der Waals surface area contributed by atoms with E-state index in [4.69, 9.17) is 11.5 Å². The number of nitrogens with two attached hydrogens (primary N) is 2. The van der Waals surface area contributed by atoms with Crippen molar-refractivity contribution in [3.63, 3.8) is 0 Å². The van der Waals surface area contributed by atoms with E-state index in [1.54, 1.807) is 24.3 Å². The molecule has 0 aliphatic heterocycles. The molecule has 0 saturated heterocycles. The third-order valence-corrected chi connectivity index (χ3v) is 0.936. The largest absolute Gasteiger partial charge is 0.399 e. The fraction of sp³-hybridized carbons (Fsp3) is 0. The number of hydrogen-bond acceptors (Lipinski definition) is 2. The number of anilines is 2. The van der Waals surface area contributed by atoms with Crippen molar-refractivity contribution >= 4 is 11.4 Å². The van der Waals surface area contributed by atoms with E-state index in [1.165, 1.54) is 0 Å². The molecule has 1 rings (SSSR count). The first kappa shape index (κ1) is 5.12. The van der Waals surface area contributed by atoms with Crippen molar-refractivity contribution in [1.29, 1.82) is 0 Å². The van der Waals surface area contributed by atoms with E-state index < -0.39 is 0 Å². The Hall–Kier alpha value is -1.02. The van der Waals surface area contributed by atoms with Gasteiger partial charge >= 0.3 is 0 Å². The van der Waals surface area contributed by atoms with Gasteiger partial charge in [-0.2, -0.15) is 5.73 Å². The Bertz CT molecular complexity index is 145. The van der Waals surface area contributed by atoms with Crippen LogP contribution >= 0.6 is 0 Å². The lowest BCUT2D eigenvalue weighted by molar-refractivity contribution is -0.254. The molecule has 1 aromatic carbocycles. The van der Waals surface area contributed by atoms with E-state index in [1.807, 2.05) is 0 Å². The van der Waals surface area contributed by atoms with Crippen LogP contribution in [0.15, 0.2) is 24.3 Å². The molecule has 2 nitrogen and oxygen atoms in total.